The number of hydrogen-bond donors (Lipinski definition) is 1. The first-order valence-corrected chi connectivity index (χ1v) is 12.6. The quantitative estimate of drug-likeness (QED) is 0.574. The molecule has 1 atom stereocenters. The summed E-state index contributed by atoms with van der Waals surface area (Å²) < 4.78 is 0. The van der Waals surface area contributed by atoms with Gasteiger partial charge in [0.2, 0.25) is 5.91 Å². The summed E-state index contributed by atoms with van der Waals surface area (Å²) in [6.07, 6.45) is 6.21. The lowest BCUT2D eigenvalue weighted by Crippen LogP contribution is -2.40. The number of carbonyl (C=O) groups is 2. The highest BCUT2D eigenvalue weighted by molar-refractivity contribution is 6.42. The number of nitrogens with zero attached hydrogens (tertiary/aromatic N) is 2. The molecule has 7 heteroatoms. The lowest BCUT2D eigenvalue weighted by molar-refractivity contribution is -0.121. The molecule has 0 aliphatic carbocycles. The molecule has 2 fully saturated rings. The fraction of sp³-hybridized carbons (Fsp3) is 0.462. The molecule has 4 rings (SSSR count). The summed E-state index contributed by atoms with van der Waals surface area (Å²) in [4.78, 5) is 30.6. The van der Waals surface area contributed by atoms with Crippen LogP contribution in [0.3, 0.4) is 0 Å². The maximum atomic E-state index is 13.2. The second-order valence-corrected chi connectivity index (χ2v) is 9.88. The Morgan fingerprint density at radius 1 is 0.909 bits per heavy atom. The average Bonchev–Trinajstić information content (AvgIpc) is 3.11. The van der Waals surface area contributed by atoms with Gasteiger partial charge < -0.3 is 10.2 Å². The summed E-state index contributed by atoms with van der Waals surface area (Å²) in [7, 11) is 0. The van der Waals surface area contributed by atoms with E-state index in [2.05, 4.69) is 10.2 Å². The van der Waals surface area contributed by atoms with E-state index in [-0.39, 0.29) is 17.7 Å². The Morgan fingerprint density at radius 2 is 1.67 bits per heavy atom. The van der Waals surface area contributed by atoms with E-state index in [4.69, 9.17) is 23.2 Å². The van der Waals surface area contributed by atoms with Crippen LogP contribution >= 0.6 is 23.2 Å². The monoisotopic (exact) mass is 487 g/mol. The van der Waals surface area contributed by atoms with Gasteiger partial charge in [0.05, 0.1) is 27.2 Å². The zero-order chi connectivity index (χ0) is 23.2. The molecule has 0 saturated carbocycles. The smallest absolute Gasteiger partial charge is 0.255 e. The minimum atomic E-state index is -0.122. The van der Waals surface area contributed by atoms with Crippen molar-refractivity contribution >= 4 is 40.7 Å². The van der Waals surface area contributed by atoms with Crippen molar-refractivity contribution in [2.45, 2.75) is 45.1 Å². The maximum absolute atomic E-state index is 13.2. The third-order valence-electron chi connectivity index (χ3n) is 6.58. The van der Waals surface area contributed by atoms with Gasteiger partial charge in [0, 0.05) is 26.2 Å². The van der Waals surface area contributed by atoms with Crippen molar-refractivity contribution in [2.75, 3.05) is 31.5 Å². The van der Waals surface area contributed by atoms with Crippen LogP contribution in [0.2, 0.25) is 10.0 Å². The molecular weight excluding hydrogens is 457 g/mol. The number of piperidine rings is 1. The normalized spacial score (nSPS) is 19.7. The van der Waals surface area contributed by atoms with Crippen LogP contribution in [-0.2, 0) is 11.3 Å². The standard InChI is InChI=1S/C26H31Cl2N3O2/c27-22-12-11-19(16-23(22)28)17-30-13-7-8-20(18-30)25(32)29-24-10-4-3-9-21(24)26(33)31-14-5-1-2-6-15-31/h3-4,9-12,16,20H,1-2,5-8,13-15,17-18H2,(H,29,32). The van der Waals surface area contributed by atoms with E-state index in [0.29, 0.717) is 27.8 Å². The minimum Gasteiger partial charge on any atom is -0.339 e. The number of anilines is 1. The second-order valence-electron chi connectivity index (χ2n) is 9.06. The summed E-state index contributed by atoms with van der Waals surface area (Å²) in [6.45, 7) is 3.91. The number of rotatable bonds is 5. The topological polar surface area (TPSA) is 52.7 Å². The molecule has 2 aliphatic rings. The molecule has 2 aromatic rings. The summed E-state index contributed by atoms with van der Waals surface area (Å²) in [5.41, 5.74) is 2.27. The Bertz CT molecular complexity index is 989. The predicted molar refractivity (Wildman–Crippen MR) is 134 cm³/mol. The molecule has 33 heavy (non-hydrogen) atoms. The average molecular weight is 488 g/mol. The zero-order valence-electron chi connectivity index (χ0n) is 18.9. The lowest BCUT2D eigenvalue weighted by atomic mass is 9.96. The highest BCUT2D eigenvalue weighted by atomic mass is 35.5. The third-order valence-corrected chi connectivity index (χ3v) is 7.31. The van der Waals surface area contributed by atoms with E-state index in [0.717, 1.165) is 57.4 Å². The van der Waals surface area contributed by atoms with Crippen molar-refractivity contribution in [3.05, 3.63) is 63.6 Å². The van der Waals surface area contributed by atoms with Crippen LogP contribution in [0.25, 0.3) is 0 Å². The van der Waals surface area contributed by atoms with E-state index in [1.54, 1.807) is 0 Å². The molecule has 1 N–H and O–H groups in total. The molecule has 2 heterocycles. The second kappa shape index (κ2) is 11.4. The molecule has 176 valence electrons. The molecule has 0 spiro atoms. The van der Waals surface area contributed by atoms with Gasteiger partial charge in [-0.25, -0.2) is 0 Å². The van der Waals surface area contributed by atoms with Crippen LogP contribution in [-0.4, -0.2) is 47.8 Å². The molecule has 2 amide bonds. The number of amides is 2. The van der Waals surface area contributed by atoms with Gasteiger partial charge >= 0.3 is 0 Å². The molecule has 0 aromatic heterocycles. The van der Waals surface area contributed by atoms with Gasteiger partial charge in [0.1, 0.15) is 0 Å². The molecule has 2 aliphatic heterocycles. The number of benzene rings is 2. The van der Waals surface area contributed by atoms with Gasteiger partial charge in [-0.15, -0.1) is 0 Å². The van der Waals surface area contributed by atoms with Crippen LogP contribution in [0, 0.1) is 5.92 Å². The van der Waals surface area contributed by atoms with E-state index in [1.165, 1.54) is 12.8 Å². The van der Waals surface area contributed by atoms with Crippen molar-refractivity contribution in [3.8, 4) is 0 Å². The van der Waals surface area contributed by atoms with Gasteiger partial charge in [0.25, 0.3) is 5.91 Å². The van der Waals surface area contributed by atoms with Gasteiger partial charge in [0.15, 0.2) is 0 Å². The number of likely N-dealkylation sites (tertiary alicyclic amines) is 2. The first-order valence-electron chi connectivity index (χ1n) is 11.9. The zero-order valence-corrected chi connectivity index (χ0v) is 20.4. The number of para-hydroxylation sites is 1. The Balaban J connectivity index is 1.40. The first kappa shape index (κ1) is 24.1. The third kappa shape index (κ3) is 6.28. The Morgan fingerprint density at radius 3 is 2.42 bits per heavy atom. The van der Waals surface area contributed by atoms with Crippen LogP contribution in [0.4, 0.5) is 5.69 Å². The van der Waals surface area contributed by atoms with E-state index < -0.39 is 0 Å². The number of halogens is 2. The van der Waals surface area contributed by atoms with Gasteiger partial charge in [-0.05, 0) is 62.1 Å². The van der Waals surface area contributed by atoms with Crippen molar-refractivity contribution in [1.82, 2.24) is 9.80 Å². The fourth-order valence-corrected chi connectivity index (χ4v) is 5.09. The number of nitrogens with one attached hydrogen (secondary N) is 1. The van der Waals surface area contributed by atoms with Crippen molar-refractivity contribution < 1.29 is 9.59 Å². The summed E-state index contributed by atoms with van der Waals surface area (Å²) in [5, 5.41) is 4.16. The van der Waals surface area contributed by atoms with Gasteiger partial charge in [-0.2, -0.15) is 0 Å². The predicted octanol–water partition coefficient (Wildman–Crippen LogP) is 5.86. The van der Waals surface area contributed by atoms with Crippen molar-refractivity contribution in [1.29, 1.82) is 0 Å². The maximum Gasteiger partial charge on any atom is 0.255 e. The summed E-state index contributed by atoms with van der Waals surface area (Å²) in [5.74, 6) is -0.134. The lowest BCUT2D eigenvalue weighted by Gasteiger charge is -2.32. The van der Waals surface area contributed by atoms with Gasteiger partial charge in [-0.1, -0.05) is 54.2 Å². The van der Waals surface area contributed by atoms with Crippen LogP contribution < -0.4 is 5.32 Å². The Hall–Kier alpha value is -2.08. The van der Waals surface area contributed by atoms with Crippen LogP contribution in [0.5, 0.6) is 0 Å². The number of hydrogen-bond acceptors (Lipinski definition) is 3. The number of carbonyl (C=O) groups excluding carboxylic acids is 2. The largest absolute Gasteiger partial charge is 0.339 e. The van der Waals surface area contributed by atoms with Gasteiger partial charge in [-0.3, -0.25) is 14.5 Å². The van der Waals surface area contributed by atoms with Crippen LogP contribution in [0.1, 0.15) is 54.4 Å². The summed E-state index contributed by atoms with van der Waals surface area (Å²) >= 11 is 12.2. The molecule has 1 unspecified atom stereocenters. The highest BCUT2D eigenvalue weighted by Gasteiger charge is 2.27. The molecule has 2 saturated heterocycles. The van der Waals surface area contributed by atoms with Crippen LogP contribution in [0.15, 0.2) is 42.5 Å². The molecule has 5 nitrogen and oxygen atoms in total. The van der Waals surface area contributed by atoms with Crippen molar-refractivity contribution in [3.63, 3.8) is 0 Å². The Kier molecular flexibility index (Phi) is 8.29. The van der Waals surface area contributed by atoms with E-state index >= 15 is 0 Å². The molecule has 0 radical (unpaired) electrons. The van der Waals surface area contributed by atoms with Crippen molar-refractivity contribution in [2.24, 2.45) is 5.92 Å². The SMILES string of the molecule is O=C(Nc1ccccc1C(=O)N1CCCCCC1)C1CCCN(Cc2ccc(Cl)c(Cl)c2)C1. The minimum absolute atomic E-state index is 0.0117. The Labute approximate surface area is 206 Å². The summed E-state index contributed by atoms with van der Waals surface area (Å²) in [6, 6.07) is 13.1. The fourth-order valence-electron chi connectivity index (χ4n) is 4.77. The van der Waals surface area contributed by atoms with E-state index in [9.17, 15) is 9.59 Å². The highest BCUT2D eigenvalue weighted by Crippen LogP contribution is 2.26. The first-order chi connectivity index (χ1) is 16.0. The molecule has 0 bridgehead atoms. The molecule has 2 aromatic carbocycles. The van der Waals surface area contributed by atoms with E-state index in [1.807, 2.05) is 47.4 Å². The molecular formula is C26H31Cl2N3O2.